The lowest BCUT2D eigenvalue weighted by molar-refractivity contribution is 0.203. The first-order chi connectivity index (χ1) is 6.65. The Morgan fingerprint density at radius 2 is 2.21 bits per heavy atom. The summed E-state index contributed by atoms with van der Waals surface area (Å²) in [7, 11) is 0. The van der Waals surface area contributed by atoms with Crippen molar-refractivity contribution in [2.45, 2.75) is 20.0 Å². The lowest BCUT2D eigenvalue weighted by Gasteiger charge is -2.12. The zero-order chi connectivity index (χ0) is 10.6. The normalized spacial score (nSPS) is 12.9. The van der Waals surface area contributed by atoms with Gasteiger partial charge >= 0.3 is 0 Å². The quantitative estimate of drug-likeness (QED) is 0.831. The van der Waals surface area contributed by atoms with Gasteiger partial charge in [-0.1, -0.05) is 13.0 Å². The van der Waals surface area contributed by atoms with Crippen molar-refractivity contribution < 1.29 is 9.50 Å². The molecule has 0 spiro atoms. The molecule has 1 atom stereocenters. The van der Waals surface area contributed by atoms with Crippen LogP contribution < -0.4 is 0 Å². The number of hydrogen-bond donors (Lipinski definition) is 1. The number of aliphatic hydroxyl groups is 1. The van der Waals surface area contributed by atoms with Gasteiger partial charge in [-0.15, -0.1) is 0 Å². The van der Waals surface area contributed by atoms with Crippen LogP contribution in [-0.2, 0) is 0 Å². The zero-order valence-corrected chi connectivity index (χ0v) is 9.27. The Balaban J connectivity index is 2.77. The van der Waals surface area contributed by atoms with Crippen molar-refractivity contribution in [2.75, 3.05) is 11.5 Å². The second-order valence-corrected chi connectivity index (χ2v) is 4.50. The maximum absolute atomic E-state index is 12.9. The van der Waals surface area contributed by atoms with Gasteiger partial charge in [0.25, 0.3) is 0 Å². The van der Waals surface area contributed by atoms with Gasteiger partial charge in [-0.3, -0.25) is 0 Å². The van der Waals surface area contributed by atoms with E-state index < -0.39 is 6.10 Å². The molecular formula is C11H15FOS. The van der Waals surface area contributed by atoms with Crippen LogP contribution in [0.2, 0.25) is 0 Å². The minimum atomic E-state index is -0.560. The molecule has 0 bridgehead atoms. The number of aryl methyl sites for hydroxylation is 1. The third-order valence-electron chi connectivity index (χ3n) is 2.08. The molecule has 3 heteroatoms. The van der Waals surface area contributed by atoms with Crippen LogP contribution in [0.25, 0.3) is 0 Å². The largest absolute Gasteiger partial charge is 0.388 e. The van der Waals surface area contributed by atoms with Crippen molar-refractivity contribution in [2.24, 2.45) is 0 Å². The van der Waals surface area contributed by atoms with Crippen molar-refractivity contribution in [3.05, 3.63) is 35.1 Å². The number of hydrogen-bond acceptors (Lipinski definition) is 2. The van der Waals surface area contributed by atoms with Gasteiger partial charge in [0.15, 0.2) is 0 Å². The molecule has 1 aromatic rings. The van der Waals surface area contributed by atoms with Gasteiger partial charge in [-0.25, -0.2) is 4.39 Å². The van der Waals surface area contributed by atoms with E-state index in [1.165, 1.54) is 12.1 Å². The van der Waals surface area contributed by atoms with Crippen LogP contribution >= 0.6 is 11.8 Å². The molecule has 1 nitrogen and oxygen atoms in total. The van der Waals surface area contributed by atoms with Crippen molar-refractivity contribution in [3.63, 3.8) is 0 Å². The average molecular weight is 214 g/mol. The molecule has 0 aliphatic heterocycles. The smallest absolute Gasteiger partial charge is 0.123 e. The van der Waals surface area contributed by atoms with Crippen LogP contribution in [0.5, 0.6) is 0 Å². The molecular weight excluding hydrogens is 199 g/mol. The number of halogens is 1. The Bertz CT molecular complexity index is 301. The highest BCUT2D eigenvalue weighted by molar-refractivity contribution is 7.99. The van der Waals surface area contributed by atoms with Gasteiger partial charge in [0.2, 0.25) is 0 Å². The summed E-state index contributed by atoms with van der Waals surface area (Å²) in [6, 6.07) is 4.53. The Morgan fingerprint density at radius 3 is 2.86 bits per heavy atom. The van der Waals surface area contributed by atoms with Crippen molar-refractivity contribution in [1.82, 2.24) is 0 Å². The predicted molar refractivity (Wildman–Crippen MR) is 59.1 cm³/mol. The fourth-order valence-electron chi connectivity index (χ4n) is 1.29. The summed E-state index contributed by atoms with van der Waals surface area (Å²) in [4.78, 5) is 0. The molecule has 0 aromatic heterocycles. The summed E-state index contributed by atoms with van der Waals surface area (Å²) >= 11 is 1.65. The van der Waals surface area contributed by atoms with E-state index in [0.717, 1.165) is 11.3 Å². The first kappa shape index (κ1) is 11.5. The van der Waals surface area contributed by atoms with Crippen LogP contribution in [-0.4, -0.2) is 16.6 Å². The highest BCUT2D eigenvalue weighted by Crippen LogP contribution is 2.22. The first-order valence-electron chi connectivity index (χ1n) is 4.67. The molecule has 14 heavy (non-hydrogen) atoms. The summed E-state index contributed by atoms with van der Waals surface area (Å²) in [6.45, 7) is 3.92. The van der Waals surface area contributed by atoms with E-state index in [2.05, 4.69) is 0 Å². The minimum Gasteiger partial charge on any atom is -0.388 e. The van der Waals surface area contributed by atoms with E-state index in [4.69, 9.17) is 0 Å². The fraction of sp³-hybridized carbons (Fsp3) is 0.455. The third-order valence-corrected chi connectivity index (χ3v) is 3.04. The SMILES string of the molecule is CCSCC(O)c1cc(F)ccc1C. The van der Waals surface area contributed by atoms with Crippen LogP contribution in [0.15, 0.2) is 18.2 Å². The standard InChI is InChI=1S/C11H15FOS/c1-3-14-7-11(13)10-6-9(12)5-4-8(10)2/h4-6,11,13H,3,7H2,1-2H3. The molecule has 1 rings (SSSR count). The Kier molecular flexibility index (Phi) is 4.42. The average Bonchev–Trinajstić information content (AvgIpc) is 2.18. The van der Waals surface area contributed by atoms with Crippen molar-refractivity contribution >= 4 is 11.8 Å². The number of thioether (sulfide) groups is 1. The molecule has 0 fully saturated rings. The first-order valence-corrected chi connectivity index (χ1v) is 5.82. The lowest BCUT2D eigenvalue weighted by Crippen LogP contribution is -2.03. The number of aliphatic hydroxyl groups excluding tert-OH is 1. The highest BCUT2D eigenvalue weighted by atomic mass is 32.2. The summed E-state index contributed by atoms with van der Waals surface area (Å²) in [6.07, 6.45) is -0.560. The number of benzene rings is 1. The zero-order valence-electron chi connectivity index (χ0n) is 8.46. The number of rotatable bonds is 4. The fourth-order valence-corrected chi connectivity index (χ4v) is 1.93. The van der Waals surface area contributed by atoms with E-state index in [9.17, 15) is 9.50 Å². The Labute approximate surface area is 88.3 Å². The molecule has 78 valence electrons. The summed E-state index contributed by atoms with van der Waals surface area (Å²) in [5, 5.41) is 9.77. The van der Waals surface area contributed by atoms with Crippen LogP contribution in [0.3, 0.4) is 0 Å². The van der Waals surface area contributed by atoms with Gasteiger partial charge in [-0.05, 0) is 35.9 Å². The maximum atomic E-state index is 12.9. The van der Waals surface area contributed by atoms with E-state index in [0.29, 0.717) is 11.3 Å². The molecule has 0 saturated heterocycles. The Hall–Kier alpha value is -0.540. The topological polar surface area (TPSA) is 20.2 Å². The molecule has 1 unspecified atom stereocenters. The van der Waals surface area contributed by atoms with Gasteiger partial charge in [-0.2, -0.15) is 11.8 Å². The van der Waals surface area contributed by atoms with Gasteiger partial charge in [0, 0.05) is 5.75 Å². The van der Waals surface area contributed by atoms with Gasteiger partial charge < -0.3 is 5.11 Å². The monoisotopic (exact) mass is 214 g/mol. The molecule has 1 aromatic carbocycles. The second kappa shape index (κ2) is 5.37. The summed E-state index contributed by atoms with van der Waals surface area (Å²) in [5.41, 5.74) is 1.64. The molecule has 0 amide bonds. The van der Waals surface area contributed by atoms with Crippen LogP contribution in [0.1, 0.15) is 24.2 Å². The molecule has 0 heterocycles. The Morgan fingerprint density at radius 1 is 1.50 bits per heavy atom. The van der Waals surface area contributed by atoms with E-state index in [-0.39, 0.29) is 5.82 Å². The van der Waals surface area contributed by atoms with Gasteiger partial charge in [0.1, 0.15) is 5.82 Å². The molecule has 0 aliphatic carbocycles. The summed E-state index contributed by atoms with van der Waals surface area (Å²) in [5.74, 6) is 1.30. The molecule has 0 aliphatic rings. The van der Waals surface area contributed by atoms with Crippen molar-refractivity contribution in [1.29, 1.82) is 0 Å². The predicted octanol–water partition coefficient (Wildman–Crippen LogP) is 2.92. The minimum absolute atomic E-state index is 0.286. The molecule has 0 radical (unpaired) electrons. The summed E-state index contributed by atoms with van der Waals surface area (Å²) < 4.78 is 12.9. The van der Waals surface area contributed by atoms with Gasteiger partial charge in [0.05, 0.1) is 6.10 Å². The van der Waals surface area contributed by atoms with E-state index in [1.807, 2.05) is 13.8 Å². The van der Waals surface area contributed by atoms with Crippen molar-refractivity contribution in [3.8, 4) is 0 Å². The molecule has 1 N–H and O–H groups in total. The van der Waals surface area contributed by atoms with Crippen LogP contribution in [0, 0.1) is 12.7 Å². The highest BCUT2D eigenvalue weighted by Gasteiger charge is 2.10. The van der Waals surface area contributed by atoms with E-state index in [1.54, 1.807) is 17.8 Å². The maximum Gasteiger partial charge on any atom is 0.123 e. The van der Waals surface area contributed by atoms with Crippen LogP contribution in [0.4, 0.5) is 4.39 Å². The molecule has 0 saturated carbocycles. The van der Waals surface area contributed by atoms with E-state index >= 15 is 0 Å². The third kappa shape index (κ3) is 3.00. The second-order valence-electron chi connectivity index (χ2n) is 3.18. The lowest BCUT2D eigenvalue weighted by atomic mass is 10.0.